The van der Waals surface area contributed by atoms with Crippen molar-refractivity contribution in [3.63, 3.8) is 0 Å². The van der Waals surface area contributed by atoms with E-state index in [-0.39, 0.29) is 17.5 Å². The van der Waals surface area contributed by atoms with Crippen molar-refractivity contribution < 1.29 is 13.2 Å². The largest absolute Gasteiger partial charge is 0.375 e. The van der Waals surface area contributed by atoms with E-state index in [9.17, 15) is 8.42 Å². The number of hydrogen-bond acceptors (Lipinski definition) is 4. The Morgan fingerprint density at radius 3 is 2.71 bits per heavy atom. The molecule has 4 unspecified atom stereocenters. The number of nitrogens with two attached hydrogens (primary N) is 1. The van der Waals surface area contributed by atoms with Crippen molar-refractivity contribution in [2.45, 2.75) is 57.3 Å². The van der Waals surface area contributed by atoms with Gasteiger partial charge in [-0.25, -0.2) is 8.42 Å². The lowest BCUT2D eigenvalue weighted by molar-refractivity contribution is 0.0879. The van der Waals surface area contributed by atoms with Gasteiger partial charge in [0.2, 0.25) is 0 Å². The normalized spacial score (nSPS) is 34.1. The highest BCUT2D eigenvalue weighted by atomic mass is 32.2. The summed E-state index contributed by atoms with van der Waals surface area (Å²) in [4.78, 5) is 0. The molecule has 2 rings (SSSR count). The van der Waals surface area contributed by atoms with Crippen LogP contribution in [0, 0.1) is 5.92 Å². The second-order valence-corrected chi connectivity index (χ2v) is 7.79. The maximum Gasteiger partial charge on any atom is 0.150 e. The van der Waals surface area contributed by atoms with Crippen LogP contribution < -0.4 is 5.73 Å². The number of fused-ring (bicyclic) bond motifs is 2. The fraction of sp³-hybridized carbons (Fsp3) is 1.00. The molecule has 0 amide bonds. The molecular formula is C12H23NO3S. The zero-order chi connectivity index (χ0) is 12.5. The monoisotopic (exact) mass is 261 g/mol. The van der Waals surface area contributed by atoms with Crippen LogP contribution in [0.25, 0.3) is 0 Å². The molecule has 0 radical (unpaired) electrons. The van der Waals surface area contributed by atoms with Gasteiger partial charge in [0.15, 0.2) is 0 Å². The minimum atomic E-state index is -2.84. The number of ether oxygens (including phenoxy) is 1. The van der Waals surface area contributed by atoms with Crippen molar-refractivity contribution in [1.82, 2.24) is 0 Å². The molecular weight excluding hydrogens is 238 g/mol. The van der Waals surface area contributed by atoms with Crippen LogP contribution in [-0.2, 0) is 14.6 Å². The summed E-state index contributed by atoms with van der Waals surface area (Å²) in [5, 5.41) is 0. The number of hydrogen-bond donors (Lipinski definition) is 1. The first-order valence-electron chi connectivity index (χ1n) is 6.63. The molecule has 4 atom stereocenters. The molecule has 0 aliphatic carbocycles. The van der Waals surface area contributed by atoms with Gasteiger partial charge in [0.25, 0.3) is 0 Å². The van der Waals surface area contributed by atoms with Gasteiger partial charge in [0.1, 0.15) is 9.84 Å². The molecule has 17 heavy (non-hydrogen) atoms. The maximum absolute atomic E-state index is 11.4. The lowest BCUT2D eigenvalue weighted by Gasteiger charge is -2.25. The first-order chi connectivity index (χ1) is 8.02. The molecule has 0 spiro atoms. The van der Waals surface area contributed by atoms with Crippen molar-refractivity contribution in [3.8, 4) is 0 Å². The van der Waals surface area contributed by atoms with Crippen LogP contribution in [0.4, 0.5) is 0 Å². The van der Waals surface area contributed by atoms with Gasteiger partial charge < -0.3 is 10.5 Å². The maximum atomic E-state index is 11.4. The number of rotatable bonds is 6. The Bertz CT molecular complexity index is 355. The van der Waals surface area contributed by atoms with E-state index in [4.69, 9.17) is 10.5 Å². The van der Waals surface area contributed by atoms with E-state index < -0.39 is 9.84 Å². The Morgan fingerprint density at radius 1 is 1.41 bits per heavy atom. The smallest absolute Gasteiger partial charge is 0.150 e. The van der Waals surface area contributed by atoms with Crippen LogP contribution in [0.15, 0.2) is 0 Å². The van der Waals surface area contributed by atoms with Crippen molar-refractivity contribution >= 4 is 9.84 Å². The van der Waals surface area contributed by atoms with Crippen LogP contribution in [-0.4, -0.2) is 38.2 Å². The molecule has 5 heteroatoms. The summed E-state index contributed by atoms with van der Waals surface area (Å²) in [5.41, 5.74) is 6.16. The molecule has 2 aliphatic heterocycles. The molecule has 2 heterocycles. The first kappa shape index (κ1) is 13.3. The van der Waals surface area contributed by atoms with E-state index in [1.54, 1.807) is 6.92 Å². The van der Waals surface area contributed by atoms with Gasteiger partial charge in [-0.3, -0.25) is 0 Å². The average Bonchev–Trinajstić information content (AvgIpc) is 2.90. The van der Waals surface area contributed by atoms with E-state index in [2.05, 4.69) is 0 Å². The van der Waals surface area contributed by atoms with Gasteiger partial charge in [-0.05, 0) is 32.1 Å². The van der Waals surface area contributed by atoms with Gasteiger partial charge in [-0.2, -0.15) is 0 Å². The Morgan fingerprint density at radius 2 is 2.18 bits per heavy atom. The van der Waals surface area contributed by atoms with Crippen LogP contribution in [0.5, 0.6) is 0 Å². The molecule has 100 valence electrons. The number of sulfone groups is 1. The van der Waals surface area contributed by atoms with Crippen LogP contribution in [0.1, 0.15) is 39.0 Å². The molecule has 2 fully saturated rings. The standard InChI is InChI=1S/C12H23NO3S/c1-2-17(14,15)7-3-4-11(13)10-8-9-5-6-12(10)16-9/h9-12H,2-8,13H2,1H3. The van der Waals surface area contributed by atoms with Crippen molar-refractivity contribution in [2.24, 2.45) is 11.7 Å². The summed E-state index contributed by atoms with van der Waals surface area (Å²) in [5.74, 6) is 0.969. The second kappa shape index (κ2) is 5.24. The minimum Gasteiger partial charge on any atom is -0.375 e. The molecule has 2 aliphatic rings. The fourth-order valence-corrected chi connectivity index (χ4v) is 3.92. The summed E-state index contributed by atoms with van der Waals surface area (Å²) in [6.07, 6.45) is 5.65. The van der Waals surface area contributed by atoms with E-state index >= 15 is 0 Å². The van der Waals surface area contributed by atoms with Gasteiger partial charge >= 0.3 is 0 Å². The predicted molar refractivity (Wildman–Crippen MR) is 67.5 cm³/mol. The molecule has 2 saturated heterocycles. The molecule has 0 aromatic heterocycles. The van der Waals surface area contributed by atoms with E-state index in [1.807, 2.05) is 0 Å². The van der Waals surface area contributed by atoms with Crippen LogP contribution >= 0.6 is 0 Å². The minimum absolute atomic E-state index is 0.109. The zero-order valence-electron chi connectivity index (χ0n) is 10.5. The van der Waals surface area contributed by atoms with Crippen molar-refractivity contribution in [3.05, 3.63) is 0 Å². The topological polar surface area (TPSA) is 69.4 Å². The lowest BCUT2D eigenvalue weighted by atomic mass is 9.83. The average molecular weight is 261 g/mol. The van der Waals surface area contributed by atoms with Gasteiger partial charge in [0, 0.05) is 17.7 Å². The molecule has 0 saturated carbocycles. The van der Waals surface area contributed by atoms with Crippen molar-refractivity contribution in [2.75, 3.05) is 11.5 Å². The molecule has 0 aromatic carbocycles. The summed E-state index contributed by atoms with van der Waals surface area (Å²) in [7, 11) is -2.84. The summed E-state index contributed by atoms with van der Waals surface area (Å²) < 4.78 is 28.5. The first-order valence-corrected chi connectivity index (χ1v) is 8.45. The second-order valence-electron chi connectivity index (χ2n) is 5.32. The lowest BCUT2D eigenvalue weighted by Crippen LogP contribution is -2.36. The summed E-state index contributed by atoms with van der Waals surface area (Å²) >= 11 is 0. The third kappa shape index (κ3) is 3.20. The third-order valence-electron chi connectivity index (χ3n) is 4.14. The van der Waals surface area contributed by atoms with E-state index in [1.165, 1.54) is 6.42 Å². The highest BCUT2D eigenvalue weighted by Gasteiger charge is 2.43. The Hall–Kier alpha value is -0.130. The quantitative estimate of drug-likeness (QED) is 0.777. The van der Waals surface area contributed by atoms with E-state index in [0.29, 0.717) is 24.5 Å². The van der Waals surface area contributed by atoms with Crippen LogP contribution in [0.2, 0.25) is 0 Å². The molecule has 4 nitrogen and oxygen atoms in total. The molecule has 0 aromatic rings. The van der Waals surface area contributed by atoms with Crippen LogP contribution in [0.3, 0.4) is 0 Å². The zero-order valence-corrected chi connectivity index (χ0v) is 11.3. The van der Waals surface area contributed by atoms with Crippen molar-refractivity contribution in [1.29, 1.82) is 0 Å². The predicted octanol–water partition coefficient (Wildman–Crippen LogP) is 1.10. The highest BCUT2D eigenvalue weighted by Crippen LogP contribution is 2.40. The highest BCUT2D eigenvalue weighted by molar-refractivity contribution is 7.91. The summed E-state index contributed by atoms with van der Waals surface area (Å²) in [6.45, 7) is 1.69. The Kier molecular flexibility index (Phi) is 4.10. The summed E-state index contributed by atoms with van der Waals surface area (Å²) in [6, 6.07) is 0.109. The SMILES string of the molecule is CCS(=O)(=O)CCCC(N)C1CC2CCC1O2. The van der Waals surface area contributed by atoms with Gasteiger partial charge in [0.05, 0.1) is 18.0 Å². The molecule has 2 bridgehead atoms. The van der Waals surface area contributed by atoms with E-state index in [0.717, 1.165) is 19.3 Å². The van der Waals surface area contributed by atoms with Gasteiger partial charge in [-0.15, -0.1) is 0 Å². The third-order valence-corrected chi connectivity index (χ3v) is 5.93. The van der Waals surface area contributed by atoms with Gasteiger partial charge in [-0.1, -0.05) is 6.92 Å². The Labute approximate surface area is 104 Å². The fourth-order valence-electron chi connectivity index (χ4n) is 3.03. The molecule has 2 N–H and O–H groups in total. The Balaban J connectivity index is 1.73.